The maximum absolute atomic E-state index is 12.6. The molecule has 4 rings (SSSR count). The molecule has 0 bridgehead atoms. The fourth-order valence-electron chi connectivity index (χ4n) is 3.63. The highest BCUT2D eigenvalue weighted by Crippen LogP contribution is 2.26. The Labute approximate surface area is 215 Å². The van der Waals surface area contributed by atoms with Gasteiger partial charge in [-0.2, -0.15) is 4.98 Å². The topological polar surface area (TPSA) is 105 Å². The largest absolute Gasteiger partial charge is 0.343 e. The van der Waals surface area contributed by atoms with Gasteiger partial charge in [0, 0.05) is 16.1 Å². The number of amides is 1. The van der Waals surface area contributed by atoms with Crippen molar-refractivity contribution < 1.29 is 17.7 Å². The van der Waals surface area contributed by atoms with Gasteiger partial charge in [0.1, 0.15) is 0 Å². The zero-order valence-electron chi connectivity index (χ0n) is 20.0. The molecule has 1 heterocycles. The summed E-state index contributed by atoms with van der Waals surface area (Å²) in [6, 6.07) is 19.6. The molecule has 0 spiro atoms. The first-order chi connectivity index (χ1) is 17.1. The Balaban J connectivity index is 1.42. The van der Waals surface area contributed by atoms with Crippen molar-refractivity contribution in [3.63, 3.8) is 0 Å². The van der Waals surface area contributed by atoms with E-state index in [2.05, 4.69) is 15.5 Å². The van der Waals surface area contributed by atoms with Gasteiger partial charge in [0.05, 0.1) is 25.0 Å². The molecule has 3 aromatic carbocycles. The SMILES string of the molecule is Cc1ccc(C)c(N(Cc2ccc(C(=O)NCc3nc(-c4cccc(Cl)c4)no3)cc2)S(C)(=O)=O)c1. The molecule has 1 aromatic heterocycles. The molecule has 0 atom stereocenters. The first kappa shape index (κ1) is 25.4. The number of carbonyl (C=O) groups excluding carboxylic acids is 1. The summed E-state index contributed by atoms with van der Waals surface area (Å²) in [7, 11) is -3.52. The van der Waals surface area contributed by atoms with Crippen molar-refractivity contribution in [1.82, 2.24) is 15.5 Å². The van der Waals surface area contributed by atoms with Crippen molar-refractivity contribution in [3.05, 3.63) is 99.9 Å². The van der Waals surface area contributed by atoms with Gasteiger partial charge < -0.3 is 9.84 Å². The molecule has 0 aliphatic carbocycles. The molecule has 0 saturated heterocycles. The first-order valence-electron chi connectivity index (χ1n) is 11.1. The maximum Gasteiger partial charge on any atom is 0.251 e. The highest BCUT2D eigenvalue weighted by atomic mass is 35.5. The van der Waals surface area contributed by atoms with Gasteiger partial charge in [0.25, 0.3) is 5.91 Å². The summed E-state index contributed by atoms with van der Waals surface area (Å²) in [5, 5.41) is 7.23. The summed E-state index contributed by atoms with van der Waals surface area (Å²) in [5.74, 6) is 0.316. The van der Waals surface area contributed by atoms with Gasteiger partial charge in [-0.15, -0.1) is 0 Å². The Morgan fingerprint density at radius 1 is 1.06 bits per heavy atom. The zero-order valence-corrected chi connectivity index (χ0v) is 21.6. The minimum absolute atomic E-state index is 0.0582. The van der Waals surface area contributed by atoms with Gasteiger partial charge in [0.15, 0.2) is 0 Å². The molecule has 0 radical (unpaired) electrons. The summed E-state index contributed by atoms with van der Waals surface area (Å²) in [5.41, 5.74) is 4.35. The predicted molar refractivity (Wildman–Crippen MR) is 139 cm³/mol. The van der Waals surface area contributed by atoms with Gasteiger partial charge in [-0.1, -0.05) is 53.2 Å². The summed E-state index contributed by atoms with van der Waals surface area (Å²) in [6.45, 7) is 4.01. The van der Waals surface area contributed by atoms with Crippen molar-refractivity contribution in [3.8, 4) is 11.4 Å². The van der Waals surface area contributed by atoms with Gasteiger partial charge >= 0.3 is 0 Å². The lowest BCUT2D eigenvalue weighted by Crippen LogP contribution is -2.30. The number of sulfonamides is 1. The molecule has 0 aliphatic rings. The third-order valence-electron chi connectivity index (χ3n) is 5.53. The van der Waals surface area contributed by atoms with Crippen LogP contribution in [0.25, 0.3) is 11.4 Å². The molecule has 36 heavy (non-hydrogen) atoms. The van der Waals surface area contributed by atoms with Crippen molar-refractivity contribution in [2.45, 2.75) is 26.9 Å². The van der Waals surface area contributed by atoms with E-state index in [9.17, 15) is 13.2 Å². The number of hydrogen-bond donors (Lipinski definition) is 1. The van der Waals surface area contributed by atoms with E-state index in [-0.39, 0.29) is 24.9 Å². The first-order valence-corrected chi connectivity index (χ1v) is 13.3. The van der Waals surface area contributed by atoms with E-state index in [4.69, 9.17) is 16.1 Å². The van der Waals surface area contributed by atoms with Gasteiger partial charge in [-0.25, -0.2) is 8.42 Å². The van der Waals surface area contributed by atoms with Gasteiger partial charge in [-0.3, -0.25) is 9.10 Å². The molecule has 186 valence electrons. The number of halogens is 1. The third-order valence-corrected chi connectivity index (χ3v) is 6.89. The van der Waals surface area contributed by atoms with E-state index < -0.39 is 10.0 Å². The molecule has 0 aliphatic heterocycles. The molecule has 4 aromatic rings. The average Bonchev–Trinajstić information content (AvgIpc) is 3.31. The fourth-order valence-corrected chi connectivity index (χ4v) is 4.75. The van der Waals surface area contributed by atoms with E-state index in [0.717, 1.165) is 16.7 Å². The number of carbonyl (C=O) groups is 1. The minimum atomic E-state index is -3.52. The molecular weight excluding hydrogens is 500 g/mol. The standard InChI is InChI=1S/C26H25ClN4O4S/c1-17-7-8-18(2)23(13-17)31(36(3,33)34)16-19-9-11-20(12-10-19)26(32)28-15-24-29-25(30-35-24)21-5-4-6-22(27)14-21/h4-14H,15-16H2,1-3H3,(H,28,32). The Morgan fingerprint density at radius 2 is 1.81 bits per heavy atom. The second-order valence-corrected chi connectivity index (χ2v) is 10.8. The lowest BCUT2D eigenvalue weighted by atomic mass is 10.1. The molecule has 0 unspecified atom stereocenters. The molecule has 10 heteroatoms. The summed E-state index contributed by atoms with van der Waals surface area (Å²) >= 11 is 6.00. The van der Waals surface area contributed by atoms with Crippen molar-refractivity contribution in [2.24, 2.45) is 0 Å². The van der Waals surface area contributed by atoms with Crippen LogP contribution in [-0.4, -0.2) is 30.7 Å². The van der Waals surface area contributed by atoms with Crippen LogP contribution in [-0.2, 0) is 23.1 Å². The molecule has 1 N–H and O–H groups in total. The van der Waals surface area contributed by atoms with Crippen LogP contribution in [0.3, 0.4) is 0 Å². The van der Waals surface area contributed by atoms with Crippen LogP contribution in [0.1, 0.15) is 32.9 Å². The lowest BCUT2D eigenvalue weighted by Gasteiger charge is -2.25. The number of rotatable bonds is 8. The quantitative estimate of drug-likeness (QED) is 0.351. The summed E-state index contributed by atoms with van der Waals surface area (Å²) in [6.07, 6.45) is 1.19. The van der Waals surface area contributed by atoms with Crippen LogP contribution in [0.15, 0.2) is 71.3 Å². The van der Waals surface area contributed by atoms with Crippen LogP contribution in [0.2, 0.25) is 5.02 Å². The van der Waals surface area contributed by atoms with Crippen molar-refractivity contribution >= 4 is 33.2 Å². The number of nitrogens with zero attached hydrogens (tertiary/aromatic N) is 3. The molecule has 0 fully saturated rings. The predicted octanol–water partition coefficient (Wildman–Crippen LogP) is 4.90. The van der Waals surface area contributed by atoms with Crippen LogP contribution in [0.5, 0.6) is 0 Å². The highest BCUT2D eigenvalue weighted by molar-refractivity contribution is 7.92. The second-order valence-electron chi connectivity index (χ2n) is 8.46. The van der Waals surface area contributed by atoms with Crippen LogP contribution in [0.4, 0.5) is 5.69 Å². The fraction of sp³-hybridized carbons (Fsp3) is 0.192. The Morgan fingerprint density at radius 3 is 2.50 bits per heavy atom. The van der Waals surface area contributed by atoms with Crippen molar-refractivity contribution in [1.29, 1.82) is 0 Å². The summed E-state index contributed by atoms with van der Waals surface area (Å²) < 4.78 is 31.7. The molecular formula is C26H25ClN4O4S. The number of nitrogens with one attached hydrogen (secondary N) is 1. The monoisotopic (exact) mass is 524 g/mol. The van der Waals surface area contributed by atoms with E-state index in [1.807, 2.05) is 38.1 Å². The zero-order chi connectivity index (χ0) is 25.9. The number of aryl methyl sites for hydroxylation is 2. The maximum atomic E-state index is 12.6. The van der Waals surface area contributed by atoms with Gasteiger partial charge in [0.2, 0.25) is 21.7 Å². The Kier molecular flexibility index (Phi) is 7.42. The van der Waals surface area contributed by atoms with E-state index in [1.54, 1.807) is 42.5 Å². The minimum Gasteiger partial charge on any atom is -0.343 e. The smallest absolute Gasteiger partial charge is 0.251 e. The lowest BCUT2D eigenvalue weighted by molar-refractivity contribution is 0.0946. The average molecular weight is 525 g/mol. The Bertz CT molecular complexity index is 1500. The number of anilines is 1. The second kappa shape index (κ2) is 10.5. The normalized spacial score (nSPS) is 11.3. The Hall–Kier alpha value is -3.69. The highest BCUT2D eigenvalue weighted by Gasteiger charge is 2.20. The number of aromatic nitrogens is 2. The number of hydrogen-bond acceptors (Lipinski definition) is 6. The van der Waals surface area contributed by atoms with Crippen LogP contribution >= 0.6 is 11.6 Å². The molecule has 1 amide bonds. The van der Waals surface area contributed by atoms with E-state index >= 15 is 0 Å². The third kappa shape index (κ3) is 6.10. The van der Waals surface area contributed by atoms with Gasteiger partial charge in [-0.05, 0) is 60.9 Å². The molecule has 0 saturated carbocycles. The summed E-state index contributed by atoms with van der Waals surface area (Å²) in [4.78, 5) is 16.9. The van der Waals surface area contributed by atoms with Crippen LogP contribution < -0.4 is 9.62 Å². The van der Waals surface area contributed by atoms with Crippen LogP contribution in [0, 0.1) is 13.8 Å². The van der Waals surface area contributed by atoms with Crippen molar-refractivity contribution in [2.75, 3.05) is 10.6 Å². The van der Waals surface area contributed by atoms with E-state index in [0.29, 0.717) is 27.7 Å². The number of benzene rings is 3. The van der Waals surface area contributed by atoms with E-state index in [1.165, 1.54) is 10.6 Å². The molecule has 8 nitrogen and oxygen atoms in total.